The van der Waals surface area contributed by atoms with Crippen LogP contribution in [0.25, 0.3) is 11.1 Å². The van der Waals surface area contributed by atoms with Gasteiger partial charge in [0.05, 0.1) is 0 Å². The minimum absolute atomic E-state index is 0.386. The van der Waals surface area contributed by atoms with Gasteiger partial charge in [0.15, 0.2) is 0 Å². The van der Waals surface area contributed by atoms with Gasteiger partial charge in [-0.1, -0.05) is 149 Å². The minimum Gasteiger partial charge on any atom is -0.299 e. The Hall–Kier alpha value is -2.67. The van der Waals surface area contributed by atoms with E-state index in [1.165, 1.54) is 93.7 Å². The second kappa shape index (κ2) is 16.9. The first-order valence-corrected chi connectivity index (χ1v) is 14.0. The van der Waals surface area contributed by atoms with E-state index in [1.54, 1.807) is 0 Å². The van der Waals surface area contributed by atoms with Crippen LogP contribution in [0.5, 0.6) is 0 Å². The van der Waals surface area contributed by atoms with Crippen LogP contribution in [-0.2, 0) is 17.6 Å². The fourth-order valence-electron chi connectivity index (χ4n) is 4.95. The fourth-order valence-corrected chi connectivity index (χ4v) is 4.95. The van der Waals surface area contributed by atoms with Gasteiger partial charge in [-0.15, -0.1) is 0 Å². The predicted octanol–water partition coefficient (Wildman–Crippen LogP) is 9.78. The van der Waals surface area contributed by atoms with Gasteiger partial charge in [0.25, 0.3) is 0 Å². The quantitative estimate of drug-likeness (QED) is 0.170. The Balaban J connectivity index is 1.12. The van der Waals surface area contributed by atoms with Gasteiger partial charge < -0.3 is 0 Å². The number of benzene rings is 3. The van der Waals surface area contributed by atoms with Crippen molar-refractivity contribution in [3.8, 4) is 11.1 Å². The van der Waals surface area contributed by atoms with Crippen LogP contribution in [0.4, 0.5) is 0 Å². The zero-order chi connectivity index (χ0) is 24.4. The first-order valence-electron chi connectivity index (χ1n) is 14.0. The van der Waals surface area contributed by atoms with Crippen LogP contribution in [0.3, 0.4) is 0 Å². The molecule has 0 amide bonds. The van der Waals surface area contributed by atoms with Crippen molar-refractivity contribution >= 4 is 5.78 Å². The summed E-state index contributed by atoms with van der Waals surface area (Å²) in [6.45, 7) is 0. The third-order valence-electron chi connectivity index (χ3n) is 7.00. The first kappa shape index (κ1) is 26.9. The lowest BCUT2D eigenvalue weighted by Crippen LogP contribution is -2.02. The molecular formula is C34H44O. The van der Waals surface area contributed by atoms with Crippen LogP contribution < -0.4 is 0 Å². The van der Waals surface area contributed by atoms with Gasteiger partial charge in [-0.3, -0.25) is 4.79 Å². The van der Waals surface area contributed by atoms with Gasteiger partial charge >= 0.3 is 0 Å². The van der Waals surface area contributed by atoms with E-state index in [9.17, 15) is 4.79 Å². The average Bonchev–Trinajstić information content (AvgIpc) is 2.90. The Morgan fingerprint density at radius 3 is 1.60 bits per heavy atom. The van der Waals surface area contributed by atoms with E-state index >= 15 is 0 Å². The van der Waals surface area contributed by atoms with Crippen molar-refractivity contribution < 1.29 is 4.79 Å². The average molecular weight is 469 g/mol. The van der Waals surface area contributed by atoms with E-state index in [2.05, 4.69) is 54.6 Å². The molecule has 1 heteroatoms. The van der Waals surface area contributed by atoms with Crippen LogP contribution in [0.1, 0.15) is 94.6 Å². The van der Waals surface area contributed by atoms with Gasteiger partial charge in [0.1, 0.15) is 5.78 Å². The maximum Gasteiger partial charge on any atom is 0.137 e. The van der Waals surface area contributed by atoms with Gasteiger partial charge in [0.2, 0.25) is 0 Å². The molecule has 0 saturated carbocycles. The molecule has 0 unspecified atom stereocenters. The van der Waals surface area contributed by atoms with Crippen molar-refractivity contribution in [1.29, 1.82) is 0 Å². The molecule has 0 bridgehead atoms. The van der Waals surface area contributed by atoms with Gasteiger partial charge in [-0.2, -0.15) is 0 Å². The van der Waals surface area contributed by atoms with Gasteiger partial charge in [-0.05, 0) is 41.5 Å². The summed E-state index contributed by atoms with van der Waals surface area (Å²) >= 11 is 0. The number of rotatable bonds is 18. The monoisotopic (exact) mass is 468 g/mol. The molecule has 1 nitrogen and oxygen atoms in total. The zero-order valence-corrected chi connectivity index (χ0v) is 21.6. The lowest BCUT2D eigenvalue weighted by Gasteiger charge is -2.10. The van der Waals surface area contributed by atoms with Crippen molar-refractivity contribution in [3.63, 3.8) is 0 Å². The molecule has 0 spiro atoms. The summed E-state index contributed by atoms with van der Waals surface area (Å²) in [4.78, 5) is 12.1. The van der Waals surface area contributed by atoms with E-state index < -0.39 is 0 Å². The SMILES string of the molecule is O=C(CCCCCCCCCCCCCCc1ccccc1-c1ccccc1)Cc1ccccc1. The highest BCUT2D eigenvalue weighted by atomic mass is 16.1. The first-order chi connectivity index (χ1) is 17.3. The summed E-state index contributed by atoms with van der Waals surface area (Å²) in [7, 11) is 0. The number of ketones is 1. The number of carbonyl (C=O) groups excluding carboxylic acids is 1. The second-order valence-corrected chi connectivity index (χ2v) is 9.97. The molecule has 0 saturated heterocycles. The number of hydrogen-bond donors (Lipinski definition) is 0. The minimum atomic E-state index is 0.386. The molecule has 3 aromatic carbocycles. The third kappa shape index (κ3) is 11.1. The molecule has 0 aliphatic heterocycles. The Kier molecular flexibility index (Phi) is 13.0. The highest BCUT2D eigenvalue weighted by Crippen LogP contribution is 2.25. The Bertz CT molecular complexity index is 945. The molecule has 0 radical (unpaired) electrons. The summed E-state index contributed by atoms with van der Waals surface area (Å²) in [6.07, 6.45) is 18.3. The van der Waals surface area contributed by atoms with E-state index in [0.29, 0.717) is 12.2 Å². The van der Waals surface area contributed by atoms with E-state index in [0.717, 1.165) is 18.4 Å². The predicted molar refractivity (Wildman–Crippen MR) is 151 cm³/mol. The highest BCUT2D eigenvalue weighted by molar-refractivity contribution is 5.80. The lowest BCUT2D eigenvalue weighted by atomic mass is 9.95. The highest BCUT2D eigenvalue weighted by Gasteiger charge is 2.05. The second-order valence-electron chi connectivity index (χ2n) is 9.97. The molecule has 35 heavy (non-hydrogen) atoms. The van der Waals surface area contributed by atoms with E-state index in [1.807, 2.05) is 30.3 Å². The van der Waals surface area contributed by atoms with Crippen molar-refractivity contribution in [2.45, 2.75) is 96.3 Å². The molecule has 3 rings (SSSR count). The number of hydrogen-bond acceptors (Lipinski definition) is 1. The number of carbonyl (C=O) groups is 1. The van der Waals surface area contributed by atoms with Crippen LogP contribution in [0.15, 0.2) is 84.9 Å². The smallest absolute Gasteiger partial charge is 0.137 e. The Morgan fingerprint density at radius 2 is 0.971 bits per heavy atom. The molecule has 3 aromatic rings. The summed E-state index contributed by atoms with van der Waals surface area (Å²) < 4.78 is 0. The van der Waals surface area contributed by atoms with Crippen molar-refractivity contribution in [2.75, 3.05) is 0 Å². The molecule has 0 atom stereocenters. The van der Waals surface area contributed by atoms with E-state index in [4.69, 9.17) is 0 Å². The van der Waals surface area contributed by atoms with Crippen molar-refractivity contribution in [2.24, 2.45) is 0 Å². The van der Waals surface area contributed by atoms with Crippen molar-refractivity contribution in [3.05, 3.63) is 96.1 Å². The summed E-state index contributed by atoms with van der Waals surface area (Å²) in [5.74, 6) is 0.386. The standard InChI is InChI=1S/C34H44O/c35-33(29-30-21-13-11-14-22-30)27-18-10-8-6-4-2-1-3-5-7-9-15-23-32-26-19-20-28-34(32)31-24-16-12-17-25-31/h11-14,16-17,19-22,24-26,28H,1-10,15,18,23,27,29H2. The molecule has 0 heterocycles. The number of aryl methyl sites for hydroxylation is 1. The molecule has 0 aliphatic carbocycles. The maximum atomic E-state index is 12.1. The zero-order valence-electron chi connectivity index (χ0n) is 21.6. The van der Waals surface area contributed by atoms with Gasteiger partial charge in [-0.25, -0.2) is 0 Å². The Morgan fingerprint density at radius 1 is 0.486 bits per heavy atom. The van der Waals surface area contributed by atoms with Crippen LogP contribution in [0.2, 0.25) is 0 Å². The summed E-state index contributed by atoms with van der Waals surface area (Å²) in [6, 6.07) is 29.8. The van der Waals surface area contributed by atoms with Gasteiger partial charge in [0, 0.05) is 12.8 Å². The Labute approximate surface area is 214 Å². The normalized spacial score (nSPS) is 11.0. The molecular weight excluding hydrogens is 424 g/mol. The summed E-state index contributed by atoms with van der Waals surface area (Å²) in [5, 5.41) is 0. The molecule has 0 aromatic heterocycles. The largest absolute Gasteiger partial charge is 0.299 e. The molecule has 186 valence electrons. The number of Topliss-reactive ketones (excluding diaryl/α,β-unsaturated/α-hetero) is 1. The molecule has 0 fully saturated rings. The van der Waals surface area contributed by atoms with Crippen LogP contribution in [0, 0.1) is 0 Å². The lowest BCUT2D eigenvalue weighted by molar-refractivity contribution is -0.118. The fraction of sp³-hybridized carbons (Fsp3) is 0.441. The van der Waals surface area contributed by atoms with Crippen LogP contribution in [-0.4, -0.2) is 5.78 Å². The number of unbranched alkanes of at least 4 members (excludes halogenated alkanes) is 11. The molecule has 0 N–H and O–H groups in total. The molecule has 0 aliphatic rings. The third-order valence-corrected chi connectivity index (χ3v) is 7.00. The summed E-state index contributed by atoms with van der Waals surface area (Å²) in [5.41, 5.74) is 5.36. The van der Waals surface area contributed by atoms with Crippen molar-refractivity contribution in [1.82, 2.24) is 0 Å². The maximum absolute atomic E-state index is 12.1. The van der Waals surface area contributed by atoms with Crippen LogP contribution >= 0.6 is 0 Å². The topological polar surface area (TPSA) is 17.1 Å². The van der Waals surface area contributed by atoms with E-state index in [-0.39, 0.29) is 0 Å².